The molecule has 0 aliphatic carbocycles. The predicted octanol–water partition coefficient (Wildman–Crippen LogP) is 6.38. The standard InChI is InChI=1S/C30H37ClN4O2S/c1-18(2)15-32-24(36)16-34-25(37)17-38-27(21-11-9-12-22(31)14-21)26-28(30(5,6)7)33-35(29(26)34)23-13-8-10-19(3)20(23)4/h8-14,18,27H,15-17H2,1-7H3,(H,32,36)/t27-/m0/s1. The molecular weight excluding hydrogens is 516 g/mol. The summed E-state index contributed by atoms with van der Waals surface area (Å²) in [6.45, 7) is 15.1. The highest BCUT2D eigenvalue weighted by Crippen LogP contribution is 2.48. The van der Waals surface area contributed by atoms with Gasteiger partial charge in [0.2, 0.25) is 11.8 Å². The van der Waals surface area contributed by atoms with Crippen molar-refractivity contribution in [3.8, 4) is 5.69 Å². The molecule has 0 spiro atoms. The molecule has 2 aromatic carbocycles. The third kappa shape index (κ3) is 5.79. The van der Waals surface area contributed by atoms with Crippen molar-refractivity contribution in [3.63, 3.8) is 0 Å². The van der Waals surface area contributed by atoms with Gasteiger partial charge in [-0.1, -0.05) is 70.5 Å². The number of thioether (sulfide) groups is 1. The summed E-state index contributed by atoms with van der Waals surface area (Å²) in [6, 6.07) is 13.9. The number of halogens is 1. The van der Waals surface area contributed by atoms with Crippen LogP contribution in [0.2, 0.25) is 5.02 Å². The van der Waals surface area contributed by atoms with Crippen molar-refractivity contribution in [2.24, 2.45) is 5.92 Å². The van der Waals surface area contributed by atoms with Crippen LogP contribution in [0, 0.1) is 19.8 Å². The quantitative estimate of drug-likeness (QED) is 0.385. The van der Waals surface area contributed by atoms with Gasteiger partial charge in [-0.15, -0.1) is 11.8 Å². The fourth-order valence-corrected chi connectivity index (χ4v) is 6.04. The lowest BCUT2D eigenvalue weighted by Crippen LogP contribution is -2.43. The number of carbonyl (C=O) groups is 2. The summed E-state index contributed by atoms with van der Waals surface area (Å²) in [5.41, 5.74) is 5.64. The van der Waals surface area contributed by atoms with Crippen LogP contribution in [0.25, 0.3) is 5.69 Å². The summed E-state index contributed by atoms with van der Waals surface area (Å²) < 4.78 is 1.88. The highest BCUT2D eigenvalue weighted by Gasteiger charge is 2.40. The first kappa shape index (κ1) is 28.2. The number of amides is 2. The summed E-state index contributed by atoms with van der Waals surface area (Å²) in [6.07, 6.45) is 0. The molecule has 0 bridgehead atoms. The molecule has 1 atom stereocenters. The van der Waals surface area contributed by atoms with Gasteiger partial charge in [0.05, 0.1) is 22.4 Å². The van der Waals surface area contributed by atoms with E-state index in [1.807, 2.05) is 54.9 Å². The lowest BCUT2D eigenvalue weighted by atomic mass is 9.87. The predicted molar refractivity (Wildman–Crippen MR) is 158 cm³/mol. The topological polar surface area (TPSA) is 67.2 Å². The Morgan fingerprint density at radius 1 is 1.18 bits per heavy atom. The van der Waals surface area contributed by atoms with Crippen LogP contribution in [0.5, 0.6) is 0 Å². The SMILES string of the molecule is Cc1cccc(-n2nc(C(C)(C)C)c3c2N(CC(=O)NCC(C)C)C(=O)CS[C@H]3c2cccc(Cl)c2)c1C. The van der Waals surface area contributed by atoms with Crippen LogP contribution < -0.4 is 10.2 Å². The Kier molecular flexibility index (Phi) is 8.29. The molecule has 8 heteroatoms. The van der Waals surface area contributed by atoms with E-state index in [4.69, 9.17) is 16.7 Å². The van der Waals surface area contributed by atoms with E-state index in [2.05, 4.69) is 46.0 Å². The Morgan fingerprint density at radius 2 is 1.89 bits per heavy atom. The average Bonchev–Trinajstić information content (AvgIpc) is 3.17. The zero-order chi connectivity index (χ0) is 27.8. The molecule has 1 aliphatic rings. The highest BCUT2D eigenvalue weighted by atomic mass is 35.5. The summed E-state index contributed by atoms with van der Waals surface area (Å²) in [7, 11) is 0. The number of hydrogen-bond acceptors (Lipinski definition) is 4. The fourth-order valence-electron chi connectivity index (χ4n) is 4.66. The molecule has 2 amide bonds. The minimum Gasteiger partial charge on any atom is -0.354 e. The second-order valence-electron chi connectivity index (χ2n) is 11.4. The molecular formula is C30H37ClN4O2S. The highest BCUT2D eigenvalue weighted by molar-refractivity contribution is 8.00. The Hall–Kier alpha value is -2.77. The molecule has 0 fully saturated rings. The number of fused-ring (bicyclic) bond motifs is 1. The lowest BCUT2D eigenvalue weighted by Gasteiger charge is -2.25. The largest absolute Gasteiger partial charge is 0.354 e. The Morgan fingerprint density at radius 3 is 2.55 bits per heavy atom. The van der Waals surface area contributed by atoms with Gasteiger partial charge < -0.3 is 5.32 Å². The van der Waals surface area contributed by atoms with Crippen molar-refractivity contribution in [2.75, 3.05) is 23.7 Å². The van der Waals surface area contributed by atoms with Crippen LogP contribution in [-0.2, 0) is 15.0 Å². The molecule has 0 saturated heterocycles. The number of rotatable bonds is 6. The van der Waals surface area contributed by atoms with Crippen LogP contribution in [0.3, 0.4) is 0 Å². The molecule has 1 aliphatic heterocycles. The third-order valence-corrected chi connectivity index (χ3v) is 8.25. The van der Waals surface area contributed by atoms with Gasteiger partial charge in [0, 0.05) is 22.5 Å². The minimum atomic E-state index is -0.316. The summed E-state index contributed by atoms with van der Waals surface area (Å²) in [5.74, 6) is 0.899. The van der Waals surface area contributed by atoms with E-state index in [0.717, 1.165) is 33.6 Å². The fraction of sp³-hybridized carbons (Fsp3) is 0.433. The van der Waals surface area contributed by atoms with Crippen LogP contribution in [0.15, 0.2) is 42.5 Å². The van der Waals surface area contributed by atoms with E-state index in [1.54, 1.807) is 16.7 Å². The molecule has 3 aromatic rings. The molecule has 2 heterocycles. The van der Waals surface area contributed by atoms with Crippen LogP contribution in [0.1, 0.15) is 67.8 Å². The van der Waals surface area contributed by atoms with Gasteiger partial charge in [0.15, 0.2) is 0 Å². The zero-order valence-electron chi connectivity index (χ0n) is 23.3. The van der Waals surface area contributed by atoms with Gasteiger partial charge in [-0.2, -0.15) is 5.10 Å². The molecule has 0 saturated carbocycles. The summed E-state index contributed by atoms with van der Waals surface area (Å²) in [4.78, 5) is 28.5. The van der Waals surface area contributed by atoms with Gasteiger partial charge in [0.1, 0.15) is 12.4 Å². The number of anilines is 1. The van der Waals surface area contributed by atoms with Crippen molar-refractivity contribution < 1.29 is 9.59 Å². The second-order valence-corrected chi connectivity index (χ2v) is 12.9. The van der Waals surface area contributed by atoms with Gasteiger partial charge in [-0.05, 0) is 54.7 Å². The van der Waals surface area contributed by atoms with Gasteiger partial charge in [-0.25, -0.2) is 4.68 Å². The summed E-state index contributed by atoms with van der Waals surface area (Å²) in [5, 5.41) is 8.63. The monoisotopic (exact) mass is 552 g/mol. The first-order valence-electron chi connectivity index (χ1n) is 13.0. The number of nitrogens with zero attached hydrogens (tertiary/aromatic N) is 3. The molecule has 202 valence electrons. The van der Waals surface area contributed by atoms with Gasteiger partial charge >= 0.3 is 0 Å². The van der Waals surface area contributed by atoms with Crippen LogP contribution in [0.4, 0.5) is 5.82 Å². The van der Waals surface area contributed by atoms with Crippen LogP contribution in [-0.4, -0.2) is 40.4 Å². The molecule has 0 radical (unpaired) electrons. The molecule has 38 heavy (non-hydrogen) atoms. The lowest BCUT2D eigenvalue weighted by molar-refractivity contribution is -0.123. The molecule has 1 aromatic heterocycles. The zero-order valence-corrected chi connectivity index (χ0v) is 24.8. The normalized spacial score (nSPS) is 16.0. The maximum atomic E-state index is 13.7. The molecule has 6 nitrogen and oxygen atoms in total. The van der Waals surface area contributed by atoms with Crippen molar-refractivity contribution in [1.82, 2.24) is 15.1 Å². The van der Waals surface area contributed by atoms with E-state index >= 15 is 0 Å². The molecule has 0 unspecified atom stereocenters. The number of carbonyl (C=O) groups excluding carboxylic acids is 2. The van der Waals surface area contributed by atoms with Crippen LogP contribution >= 0.6 is 23.4 Å². The Balaban J connectivity index is 2.01. The number of nitrogens with one attached hydrogen (secondary N) is 1. The first-order valence-corrected chi connectivity index (χ1v) is 14.4. The van der Waals surface area contributed by atoms with E-state index in [1.165, 1.54) is 0 Å². The first-order chi connectivity index (χ1) is 17.9. The Bertz CT molecular complexity index is 1360. The summed E-state index contributed by atoms with van der Waals surface area (Å²) >= 11 is 7.98. The van der Waals surface area contributed by atoms with E-state index < -0.39 is 0 Å². The average molecular weight is 553 g/mol. The van der Waals surface area contributed by atoms with E-state index in [-0.39, 0.29) is 34.8 Å². The van der Waals surface area contributed by atoms with Gasteiger partial charge in [-0.3, -0.25) is 14.5 Å². The maximum Gasteiger partial charge on any atom is 0.240 e. The Labute approximate surface area is 235 Å². The number of aryl methyl sites for hydroxylation is 1. The van der Waals surface area contributed by atoms with Crippen molar-refractivity contribution >= 4 is 41.0 Å². The number of hydrogen-bond donors (Lipinski definition) is 1. The number of benzene rings is 2. The maximum absolute atomic E-state index is 13.7. The van der Waals surface area contributed by atoms with E-state index in [9.17, 15) is 9.59 Å². The van der Waals surface area contributed by atoms with E-state index in [0.29, 0.717) is 23.3 Å². The van der Waals surface area contributed by atoms with Gasteiger partial charge in [0.25, 0.3) is 0 Å². The third-order valence-electron chi connectivity index (χ3n) is 6.76. The molecule has 1 N–H and O–H groups in total. The second kappa shape index (κ2) is 11.1. The number of aromatic nitrogens is 2. The van der Waals surface area contributed by atoms with Crippen molar-refractivity contribution in [3.05, 3.63) is 75.4 Å². The van der Waals surface area contributed by atoms with Crippen molar-refractivity contribution in [1.29, 1.82) is 0 Å². The minimum absolute atomic E-state index is 0.0679. The smallest absolute Gasteiger partial charge is 0.240 e. The van der Waals surface area contributed by atoms with Crippen molar-refractivity contribution in [2.45, 2.75) is 59.1 Å². The molecule has 4 rings (SSSR count).